The van der Waals surface area contributed by atoms with E-state index in [9.17, 15) is 4.79 Å². The summed E-state index contributed by atoms with van der Waals surface area (Å²) < 4.78 is 1.46. The van der Waals surface area contributed by atoms with Crippen molar-refractivity contribution in [2.45, 2.75) is 0 Å². The van der Waals surface area contributed by atoms with E-state index in [1.165, 1.54) is 10.9 Å². The molecule has 5 nitrogen and oxygen atoms in total. The summed E-state index contributed by atoms with van der Waals surface area (Å²) in [5, 5.41) is 4.25. The van der Waals surface area contributed by atoms with E-state index in [-0.39, 0.29) is 10.7 Å². The van der Waals surface area contributed by atoms with E-state index < -0.39 is 5.91 Å². The van der Waals surface area contributed by atoms with Crippen molar-refractivity contribution in [3.8, 4) is 5.69 Å². The molecule has 0 aliphatic carbocycles. The maximum absolute atomic E-state index is 11.3. The van der Waals surface area contributed by atoms with Crippen LogP contribution in [0.15, 0.2) is 36.5 Å². The molecule has 1 amide bonds. The molecule has 0 aliphatic heterocycles. The summed E-state index contributed by atoms with van der Waals surface area (Å²) in [7, 11) is 0. The molecule has 82 valence electrons. The van der Waals surface area contributed by atoms with Crippen LogP contribution in [0.1, 0.15) is 10.4 Å². The molecule has 0 atom stereocenters. The van der Waals surface area contributed by atoms with Gasteiger partial charge in [-0.2, -0.15) is 5.10 Å². The molecular formula is C10H9ClN4O. The molecule has 2 rings (SSSR count). The third-order valence-electron chi connectivity index (χ3n) is 2.09. The number of hydrazine groups is 1. The number of halogens is 1. The topological polar surface area (TPSA) is 72.9 Å². The van der Waals surface area contributed by atoms with Gasteiger partial charge >= 0.3 is 0 Å². The van der Waals surface area contributed by atoms with Crippen molar-refractivity contribution in [2.75, 3.05) is 0 Å². The normalized spacial score (nSPS) is 10.1. The lowest BCUT2D eigenvalue weighted by Gasteiger charge is -2.02. The second-order valence-electron chi connectivity index (χ2n) is 3.07. The quantitative estimate of drug-likeness (QED) is 0.466. The minimum atomic E-state index is -0.466. The standard InChI is InChI=1S/C10H9ClN4O/c11-9-8(10(16)14-12)6-13-15(9)7-4-2-1-3-5-7/h1-6H,12H2,(H,14,16). The largest absolute Gasteiger partial charge is 0.290 e. The van der Waals surface area contributed by atoms with Gasteiger partial charge < -0.3 is 0 Å². The predicted molar refractivity (Wildman–Crippen MR) is 60.2 cm³/mol. The van der Waals surface area contributed by atoms with Crippen LogP contribution in [-0.4, -0.2) is 15.7 Å². The number of aromatic nitrogens is 2. The Balaban J connectivity index is 2.45. The lowest BCUT2D eigenvalue weighted by Crippen LogP contribution is -2.29. The summed E-state index contributed by atoms with van der Waals surface area (Å²) in [4.78, 5) is 11.3. The summed E-state index contributed by atoms with van der Waals surface area (Å²) >= 11 is 6.02. The van der Waals surface area contributed by atoms with E-state index in [1.54, 1.807) is 0 Å². The van der Waals surface area contributed by atoms with Crippen LogP contribution in [0.4, 0.5) is 0 Å². The van der Waals surface area contributed by atoms with E-state index in [2.05, 4.69) is 5.10 Å². The summed E-state index contributed by atoms with van der Waals surface area (Å²) in [6.45, 7) is 0. The van der Waals surface area contributed by atoms with E-state index >= 15 is 0 Å². The Kier molecular flexibility index (Phi) is 2.89. The minimum Gasteiger partial charge on any atom is -0.290 e. The molecule has 0 saturated heterocycles. The lowest BCUT2D eigenvalue weighted by molar-refractivity contribution is 0.0954. The highest BCUT2D eigenvalue weighted by Gasteiger charge is 2.15. The van der Waals surface area contributed by atoms with Crippen LogP contribution in [0.3, 0.4) is 0 Å². The fraction of sp³-hybridized carbons (Fsp3) is 0. The molecule has 0 aliphatic rings. The van der Waals surface area contributed by atoms with Gasteiger partial charge in [0.1, 0.15) is 5.15 Å². The van der Waals surface area contributed by atoms with Gasteiger partial charge in [-0.05, 0) is 12.1 Å². The molecule has 0 bridgehead atoms. The zero-order valence-electron chi connectivity index (χ0n) is 8.22. The Morgan fingerprint density at radius 3 is 2.69 bits per heavy atom. The van der Waals surface area contributed by atoms with Crippen LogP contribution >= 0.6 is 11.6 Å². The van der Waals surface area contributed by atoms with Crippen LogP contribution in [-0.2, 0) is 0 Å². The molecule has 1 aromatic heterocycles. The number of rotatable bonds is 2. The second-order valence-corrected chi connectivity index (χ2v) is 3.43. The van der Waals surface area contributed by atoms with Crippen LogP contribution in [0.5, 0.6) is 0 Å². The Bertz CT molecular complexity index is 509. The maximum Gasteiger partial charge on any atom is 0.269 e. The van der Waals surface area contributed by atoms with Crippen LogP contribution < -0.4 is 11.3 Å². The maximum atomic E-state index is 11.3. The van der Waals surface area contributed by atoms with E-state index in [4.69, 9.17) is 17.4 Å². The number of hydrogen-bond acceptors (Lipinski definition) is 3. The number of carbonyl (C=O) groups is 1. The summed E-state index contributed by atoms with van der Waals surface area (Å²) in [6.07, 6.45) is 1.37. The molecule has 16 heavy (non-hydrogen) atoms. The molecule has 0 unspecified atom stereocenters. The Labute approximate surface area is 96.8 Å². The van der Waals surface area contributed by atoms with Crippen molar-refractivity contribution in [2.24, 2.45) is 5.84 Å². The van der Waals surface area contributed by atoms with Gasteiger partial charge in [0, 0.05) is 0 Å². The van der Waals surface area contributed by atoms with Gasteiger partial charge in [0.25, 0.3) is 5.91 Å². The molecule has 1 aromatic carbocycles. The van der Waals surface area contributed by atoms with Crippen LogP contribution in [0, 0.1) is 0 Å². The first kappa shape index (κ1) is 10.7. The minimum absolute atomic E-state index is 0.231. The smallest absolute Gasteiger partial charge is 0.269 e. The van der Waals surface area contributed by atoms with Gasteiger partial charge in [-0.15, -0.1) is 0 Å². The number of nitrogens with two attached hydrogens (primary N) is 1. The Morgan fingerprint density at radius 2 is 2.06 bits per heavy atom. The average molecular weight is 237 g/mol. The summed E-state index contributed by atoms with van der Waals surface area (Å²) in [6, 6.07) is 9.27. The monoisotopic (exact) mass is 236 g/mol. The van der Waals surface area contributed by atoms with Gasteiger partial charge in [-0.1, -0.05) is 29.8 Å². The number of nitrogen functional groups attached to an aromatic ring is 1. The zero-order chi connectivity index (χ0) is 11.5. The third kappa shape index (κ3) is 1.78. The zero-order valence-corrected chi connectivity index (χ0v) is 8.98. The SMILES string of the molecule is NNC(=O)c1cnn(-c2ccccc2)c1Cl. The highest BCUT2D eigenvalue weighted by molar-refractivity contribution is 6.33. The van der Waals surface area contributed by atoms with Gasteiger partial charge in [0.2, 0.25) is 0 Å². The number of nitrogens with zero attached hydrogens (tertiary/aromatic N) is 2. The third-order valence-corrected chi connectivity index (χ3v) is 2.45. The molecular weight excluding hydrogens is 228 g/mol. The number of amides is 1. The Morgan fingerprint density at radius 1 is 1.38 bits per heavy atom. The fourth-order valence-electron chi connectivity index (χ4n) is 1.31. The lowest BCUT2D eigenvalue weighted by atomic mass is 10.3. The van der Waals surface area contributed by atoms with Crippen LogP contribution in [0.2, 0.25) is 5.15 Å². The van der Waals surface area contributed by atoms with Crippen molar-refractivity contribution in [1.29, 1.82) is 0 Å². The Hall–Kier alpha value is -1.85. The first-order chi connectivity index (χ1) is 7.74. The summed E-state index contributed by atoms with van der Waals surface area (Å²) in [5.74, 6) is 4.56. The molecule has 0 saturated carbocycles. The molecule has 0 fully saturated rings. The highest BCUT2D eigenvalue weighted by Crippen LogP contribution is 2.19. The van der Waals surface area contributed by atoms with Gasteiger partial charge in [-0.3, -0.25) is 10.2 Å². The first-order valence-electron chi connectivity index (χ1n) is 4.54. The van der Waals surface area contributed by atoms with Gasteiger partial charge in [0.05, 0.1) is 17.4 Å². The number of hydrogen-bond donors (Lipinski definition) is 2. The number of benzene rings is 1. The van der Waals surface area contributed by atoms with Crippen molar-refractivity contribution in [3.05, 3.63) is 47.2 Å². The highest BCUT2D eigenvalue weighted by atomic mass is 35.5. The van der Waals surface area contributed by atoms with E-state index in [0.717, 1.165) is 5.69 Å². The molecule has 0 spiro atoms. The molecule has 2 aromatic rings. The number of nitrogens with one attached hydrogen (secondary N) is 1. The molecule has 6 heteroatoms. The summed E-state index contributed by atoms with van der Waals surface area (Å²) in [5.41, 5.74) is 3.03. The van der Waals surface area contributed by atoms with Gasteiger partial charge in [0.15, 0.2) is 0 Å². The molecule has 1 heterocycles. The molecule has 0 radical (unpaired) electrons. The average Bonchev–Trinajstić information content (AvgIpc) is 2.71. The fourth-order valence-corrected chi connectivity index (χ4v) is 1.59. The first-order valence-corrected chi connectivity index (χ1v) is 4.91. The number of carbonyl (C=O) groups excluding carboxylic acids is 1. The van der Waals surface area contributed by atoms with E-state index in [0.29, 0.717) is 0 Å². The van der Waals surface area contributed by atoms with Crippen molar-refractivity contribution in [1.82, 2.24) is 15.2 Å². The van der Waals surface area contributed by atoms with Crippen molar-refractivity contribution >= 4 is 17.5 Å². The van der Waals surface area contributed by atoms with Crippen molar-refractivity contribution < 1.29 is 4.79 Å². The second kappa shape index (κ2) is 4.34. The van der Waals surface area contributed by atoms with Crippen LogP contribution in [0.25, 0.3) is 5.69 Å². The predicted octanol–water partition coefficient (Wildman–Crippen LogP) is 1.13. The number of para-hydroxylation sites is 1. The molecule has 3 N–H and O–H groups in total. The van der Waals surface area contributed by atoms with Crippen molar-refractivity contribution in [3.63, 3.8) is 0 Å². The van der Waals surface area contributed by atoms with E-state index in [1.807, 2.05) is 35.8 Å². The van der Waals surface area contributed by atoms with Gasteiger partial charge in [-0.25, -0.2) is 10.5 Å².